The van der Waals surface area contributed by atoms with E-state index in [0.717, 1.165) is 5.01 Å². The van der Waals surface area contributed by atoms with Crippen LogP contribution in [0.1, 0.15) is 25.9 Å². The number of halogens is 1. The molecule has 1 amide bonds. The van der Waals surface area contributed by atoms with Crippen LogP contribution < -0.4 is 11.1 Å². The third-order valence-corrected chi connectivity index (χ3v) is 3.73. The lowest BCUT2D eigenvalue weighted by atomic mass is 10.2. The topological polar surface area (TPSA) is 68.0 Å². The van der Waals surface area contributed by atoms with Crippen molar-refractivity contribution in [1.82, 2.24) is 4.98 Å². The number of nitrogens with two attached hydrogens (primary N) is 1. The Morgan fingerprint density at radius 2 is 2.24 bits per heavy atom. The van der Waals surface area contributed by atoms with Crippen molar-refractivity contribution in [3.05, 3.63) is 45.2 Å². The molecule has 108 valence electrons. The fourth-order valence-corrected chi connectivity index (χ4v) is 2.58. The third-order valence-electron chi connectivity index (χ3n) is 2.66. The van der Waals surface area contributed by atoms with Crippen LogP contribution in [0.5, 0.6) is 0 Å². The molecule has 4 nitrogen and oxygen atoms in total. The van der Waals surface area contributed by atoms with Crippen molar-refractivity contribution in [2.24, 2.45) is 5.73 Å². The average molecular weight is 303 g/mol. The number of nitrogens with zero attached hydrogens (tertiary/aromatic N) is 1. The highest BCUT2D eigenvalue weighted by Crippen LogP contribution is 2.21. The van der Waals surface area contributed by atoms with Crippen molar-refractivity contribution in [3.63, 3.8) is 0 Å². The molecule has 0 saturated heterocycles. The van der Waals surface area contributed by atoms with E-state index < -0.39 is 5.82 Å². The molecule has 0 bridgehead atoms. The van der Waals surface area contributed by atoms with E-state index in [0.29, 0.717) is 16.1 Å². The van der Waals surface area contributed by atoms with Crippen molar-refractivity contribution >= 4 is 22.9 Å². The van der Waals surface area contributed by atoms with Gasteiger partial charge in [0.2, 0.25) is 0 Å². The molecule has 0 saturated carbocycles. The van der Waals surface area contributed by atoms with E-state index in [1.54, 1.807) is 13.0 Å². The van der Waals surface area contributed by atoms with Gasteiger partial charge in [0.05, 0.1) is 22.9 Å². The maximum absolute atomic E-state index is 13.9. The van der Waals surface area contributed by atoms with Gasteiger partial charge in [-0.2, -0.15) is 0 Å². The number of carbonyl (C=O) groups is 1. The zero-order valence-electron chi connectivity index (χ0n) is 11.7. The van der Waals surface area contributed by atoms with Gasteiger partial charge in [-0.1, -0.05) is 11.8 Å². The number of aryl methyl sites for hydroxylation is 2. The Balaban J connectivity index is 2.20. The fraction of sp³-hybridized carbons (Fsp3) is 0.200. The molecule has 0 unspecified atom stereocenters. The Kier molecular flexibility index (Phi) is 4.68. The summed E-state index contributed by atoms with van der Waals surface area (Å²) in [6, 6.07) is 4.38. The van der Waals surface area contributed by atoms with Gasteiger partial charge >= 0.3 is 0 Å². The molecule has 1 aromatic carbocycles. The van der Waals surface area contributed by atoms with Gasteiger partial charge in [-0.15, -0.1) is 11.3 Å². The summed E-state index contributed by atoms with van der Waals surface area (Å²) in [4.78, 5) is 16.8. The second-order valence-electron chi connectivity index (χ2n) is 4.30. The highest BCUT2D eigenvalue weighted by Gasteiger charge is 2.15. The number of benzene rings is 1. The van der Waals surface area contributed by atoms with Crippen molar-refractivity contribution in [2.75, 3.05) is 11.9 Å². The lowest BCUT2D eigenvalue weighted by Gasteiger charge is -2.05. The molecule has 21 heavy (non-hydrogen) atoms. The van der Waals surface area contributed by atoms with Crippen LogP contribution in [0.4, 0.5) is 10.1 Å². The molecule has 2 aromatic rings. The Labute approximate surface area is 126 Å². The first-order chi connectivity index (χ1) is 10.0. The molecule has 1 aromatic heterocycles. The van der Waals surface area contributed by atoms with Gasteiger partial charge in [0.25, 0.3) is 5.91 Å². The number of thiazole rings is 1. The minimum Gasteiger partial charge on any atom is -0.320 e. The number of amides is 1. The van der Waals surface area contributed by atoms with E-state index >= 15 is 0 Å². The van der Waals surface area contributed by atoms with Crippen molar-refractivity contribution < 1.29 is 9.18 Å². The number of aromatic nitrogens is 1. The molecule has 6 heteroatoms. The van der Waals surface area contributed by atoms with E-state index in [4.69, 9.17) is 5.73 Å². The van der Waals surface area contributed by atoms with Crippen molar-refractivity contribution in [3.8, 4) is 11.8 Å². The highest BCUT2D eigenvalue weighted by molar-refractivity contribution is 7.13. The molecule has 0 aliphatic carbocycles. The molecule has 3 N–H and O–H groups in total. The zero-order chi connectivity index (χ0) is 15.4. The van der Waals surface area contributed by atoms with Gasteiger partial charge in [-0.3, -0.25) is 4.79 Å². The number of carbonyl (C=O) groups excluding carboxylic acids is 1. The predicted molar refractivity (Wildman–Crippen MR) is 81.9 cm³/mol. The summed E-state index contributed by atoms with van der Waals surface area (Å²) in [5.74, 6) is 4.48. The van der Waals surface area contributed by atoms with Crippen LogP contribution >= 0.6 is 11.3 Å². The average Bonchev–Trinajstić information content (AvgIpc) is 2.78. The molecule has 2 rings (SSSR count). The van der Waals surface area contributed by atoms with Crippen molar-refractivity contribution in [1.29, 1.82) is 0 Å². The lowest BCUT2D eigenvalue weighted by Crippen LogP contribution is -2.12. The molecule has 0 aliphatic rings. The van der Waals surface area contributed by atoms with Crippen LogP contribution in [0.2, 0.25) is 0 Å². The SMILES string of the molecule is Cc1nc(C)c(C(=O)Nc2ccc(C#CCN)cc2F)s1. The first-order valence-corrected chi connectivity index (χ1v) is 7.06. The summed E-state index contributed by atoms with van der Waals surface area (Å²) in [6.45, 7) is 3.78. The standard InChI is InChI=1S/C15H14FN3OS/c1-9-14(21-10(2)18-9)15(20)19-13-6-5-11(4-3-7-17)8-12(13)16/h5-6,8H,7,17H2,1-2H3,(H,19,20). The van der Waals surface area contributed by atoms with Gasteiger partial charge < -0.3 is 11.1 Å². The first kappa shape index (κ1) is 15.2. The smallest absolute Gasteiger partial charge is 0.267 e. The monoisotopic (exact) mass is 303 g/mol. The molecular formula is C15H14FN3OS. The van der Waals surface area contributed by atoms with Crippen LogP contribution in [-0.2, 0) is 0 Å². The largest absolute Gasteiger partial charge is 0.320 e. The zero-order valence-corrected chi connectivity index (χ0v) is 12.5. The molecule has 0 aliphatic heterocycles. The predicted octanol–water partition coefficient (Wildman–Crippen LogP) is 2.46. The summed E-state index contributed by atoms with van der Waals surface area (Å²) in [5, 5.41) is 3.34. The summed E-state index contributed by atoms with van der Waals surface area (Å²) in [6.07, 6.45) is 0. The minimum atomic E-state index is -0.536. The molecular weight excluding hydrogens is 289 g/mol. The van der Waals surface area contributed by atoms with Gasteiger partial charge in [0.15, 0.2) is 0 Å². The molecule has 0 atom stereocenters. The summed E-state index contributed by atoms with van der Waals surface area (Å²) < 4.78 is 13.9. The van der Waals surface area contributed by atoms with Crippen LogP contribution in [0.25, 0.3) is 0 Å². The normalized spacial score (nSPS) is 9.90. The van der Waals surface area contributed by atoms with Gasteiger partial charge in [-0.25, -0.2) is 9.37 Å². The third kappa shape index (κ3) is 3.66. The van der Waals surface area contributed by atoms with Crippen molar-refractivity contribution in [2.45, 2.75) is 13.8 Å². The summed E-state index contributed by atoms with van der Waals surface area (Å²) >= 11 is 1.28. The molecule has 1 heterocycles. The van der Waals surface area contributed by atoms with Crippen LogP contribution in [0.15, 0.2) is 18.2 Å². The van der Waals surface area contributed by atoms with Gasteiger partial charge in [0, 0.05) is 5.56 Å². The highest BCUT2D eigenvalue weighted by atomic mass is 32.1. The molecule has 0 fully saturated rings. The number of anilines is 1. The van der Waals surface area contributed by atoms with E-state index in [2.05, 4.69) is 22.1 Å². The number of rotatable bonds is 2. The number of hydrogen-bond donors (Lipinski definition) is 2. The van der Waals surface area contributed by atoms with Crippen LogP contribution in [0.3, 0.4) is 0 Å². The van der Waals surface area contributed by atoms with Crippen LogP contribution in [-0.4, -0.2) is 17.4 Å². The number of hydrogen-bond acceptors (Lipinski definition) is 4. The molecule has 0 radical (unpaired) electrons. The van der Waals surface area contributed by atoms with E-state index in [-0.39, 0.29) is 18.1 Å². The fourth-order valence-electron chi connectivity index (χ4n) is 1.77. The molecule has 0 spiro atoms. The number of nitrogens with one attached hydrogen (secondary N) is 1. The van der Waals surface area contributed by atoms with Crippen LogP contribution in [0, 0.1) is 31.5 Å². The first-order valence-electron chi connectivity index (χ1n) is 6.25. The Hall–Kier alpha value is -2.23. The summed E-state index contributed by atoms with van der Waals surface area (Å²) in [7, 11) is 0. The van der Waals surface area contributed by atoms with E-state index in [1.807, 2.05) is 6.92 Å². The van der Waals surface area contributed by atoms with Gasteiger partial charge in [-0.05, 0) is 32.0 Å². The Bertz CT molecular complexity index is 743. The minimum absolute atomic E-state index is 0.115. The Morgan fingerprint density at radius 1 is 1.48 bits per heavy atom. The lowest BCUT2D eigenvalue weighted by molar-refractivity contribution is 0.102. The Morgan fingerprint density at radius 3 is 2.81 bits per heavy atom. The quantitative estimate of drug-likeness (QED) is 0.837. The maximum atomic E-state index is 13.9. The summed E-state index contributed by atoms with van der Waals surface area (Å²) in [5.41, 5.74) is 6.53. The van der Waals surface area contributed by atoms with Gasteiger partial charge in [0.1, 0.15) is 10.7 Å². The second kappa shape index (κ2) is 6.48. The maximum Gasteiger partial charge on any atom is 0.267 e. The van der Waals surface area contributed by atoms with E-state index in [9.17, 15) is 9.18 Å². The van der Waals surface area contributed by atoms with E-state index in [1.165, 1.54) is 23.5 Å². The second-order valence-corrected chi connectivity index (χ2v) is 5.51.